The number of hydrogen-bond donors (Lipinski definition) is 1. The lowest BCUT2D eigenvalue weighted by atomic mass is 10.1. The van der Waals surface area contributed by atoms with Crippen LogP contribution in [0, 0.1) is 0 Å². The van der Waals surface area contributed by atoms with Gasteiger partial charge in [0.15, 0.2) is 0 Å². The average Bonchev–Trinajstić information content (AvgIpc) is 2.90. The highest BCUT2D eigenvalue weighted by Gasteiger charge is 2.13. The first-order chi connectivity index (χ1) is 10.3. The van der Waals surface area contributed by atoms with Crippen LogP contribution >= 0.6 is 0 Å². The van der Waals surface area contributed by atoms with Gasteiger partial charge in [-0.2, -0.15) is 0 Å². The lowest BCUT2D eigenvalue weighted by molar-refractivity contribution is 0.0364. The number of morpholine rings is 1. The highest BCUT2D eigenvalue weighted by Crippen LogP contribution is 2.18. The molecule has 5 nitrogen and oxygen atoms in total. The van der Waals surface area contributed by atoms with Crippen LogP contribution in [0.3, 0.4) is 0 Å². The highest BCUT2D eigenvalue weighted by atomic mass is 16.5. The third-order valence-electron chi connectivity index (χ3n) is 4.23. The van der Waals surface area contributed by atoms with E-state index in [2.05, 4.69) is 34.6 Å². The Labute approximate surface area is 125 Å². The molecule has 2 N–H and O–H groups in total. The van der Waals surface area contributed by atoms with Crippen molar-refractivity contribution in [2.45, 2.75) is 26.4 Å². The molecule has 2 aromatic rings. The summed E-state index contributed by atoms with van der Waals surface area (Å²) >= 11 is 0. The van der Waals surface area contributed by atoms with Crippen LogP contribution in [0.1, 0.15) is 18.3 Å². The Morgan fingerprint density at radius 2 is 2.05 bits per heavy atom. The van der Waals surface area contributed by atoms with Gasteiger partial charge in [0.2, 0.25) is 0 Å². The van der Waals surface area contributed by atoms with E-state index in [1.54, 1.807) is 0 Å². The van der Waals surface area contributed by atoms with Gasteiger partial charge in [-0.3, -0.25) is 4.90 Å². The van der Waals surface area contributed by atoms with Gasteiger partial charge in [0.25, 0.3) is 0 Å². The molecular weight excluding hydrogens is 264 g/mol. The number of nitrogens with zero attached hydrogens (tertiary/aromatic N) is 3. The second-order valence-corrected chi connectivity index (χ2v) is 5.51. The molecule has 0 radical (unpaired) electrons. The van der Waals surface area contributed by atoms with Crippen LogP contribution < -0.4 is 5.73 Å². The van der Waals surface area contributed by atoms with Gasteiger partial charge in [-0.25, -0.2) is 4.98 Å². The Morgan fingerprint density at radius 1 is 1.24 bits per heavy atom. The second-order valence-electron chi connectivity index (χ2n) is 5.51. The molecule has 0 atom stereocenters. The summed E-state index contributed by atoms with van der Waals surface area (Å²) in [6.07, 6.45) is 1.04. The molecule has 1 aliphatic rings. The smallest absolute Gasteiger partial charge is 0.123 e. The molecule has 0 amide bonds. The minimum Gasteiger partial charge on any atom is -0.379 e. The molecule has 21 heavy (non-hydrogen) atoms. The summed E-state index contributed by atoms with van der Waals surface area (Å²) in [5, 5.41) is 0. The van der Waals surface area contributed by atoms with Crippen molar-refractivity contribution in [3.63, 3.8) is 0 Å². The molecule has 1 aromatic heterocycles. The van der Waals surface area contributed by atoms with E-state index >= 15 is 0 Å². The van der Waals surface area contributed by atoms with Crippen LogP contribution in [-0.2, 0) is 24.2 Å². The molecule has 1 aromatic carbocycles. The summed E-state index contributed by atoms with van der Waals surface area (Å²) in [5.74, 6) is 0.978. The van der Waals surface area contributed by atoms with Gasteiger partial charge in [-0.05, 0) is 24.1 Å². The molecule has 0 spiro atoms. The third-order valence-corrected chi connectivity index (χ3v) is 4.23. The Bertz CT molecular complexity index is 602. The van der Waals surface area contributed by atoms with E-state index in [0.29, 0.717) is 6.54 Å². The molecule has 2 heterocycles. The summed E-state index contributed by atoms with van der Waals surface area (Å²) in [4.78, 5) is 7.14. The zero-order valence-corrected chi connectivity index (χ0v) is 12.7. The van der Waals surface area contributed by atoms with Crippen molar-refractivity contribution >= 4 is 11.0 Å². The molecule has 0 unspecified atom stereocenters. The summed E-state index contributed by atoms with van der Waals surface area (Å²) in [6, 6.07) is 6.55. The fraction of sp³-hybridized carbons (Fsp3) is 0.562. The van der Waals surface area contributed by atoms with Crippen LogP contribution in [0.4, 0.5) is 0 Å². The molecular formula is C16H24N4O. The van der Waals surface area contributed by atoms with E-state index in [1.807, 2.05) is 0 Å². The lowest BCUT2D eigenvalue weighted by Gasteiger charge is -2.26. The van der Waals surface area contributed by atoms with Gasteiger partial charge in [-0.1, -0.05) is 13.0 Å². The van der Waals surface area contributed by atoms with Gasteiger partial charge >= 0.3 is 0 Å². The van der Waals surface area contributed by atoms with Gasteiger partial charge in [0, 0.05) is 26.2 Å². The number of fused-ring (bicyclic) bond motifs is 1. The average molecular weight is 288 g/mol. The number of imidazole rings is 1. The molecule has 0 bridgehead atoms. The monoisotopic (exact) mass is 288 g/mol. The number of hydrogen-bond acceptors (Lipinski definition) is 4. The first kappa shape index (κ1) is 14.5. The molecule has 0 saturated carbocycles. The fourth-order valence-electron chi connectivity index (χ4n) is 2.92. The number of ether oxygens (including phenoxy) is 1. The first-order valence-corrected chi connectivity index (χ1v) is 7.80. The SMILES string of the molecule is CCc1ccc2c(c1)nc(CN)n2CCN1CCOCC1. The zero-order chi connectivity index (χ0) is 14.7. The van der Waals surface area contributed by atoms with E-state index in [9.17, 15) is 0 Å². The quantitative estimate of drug-likeness (QED) is 0.903. The van der Waals surface area contributed by atoms with Crippen molar-refractivity contribution in [1.29, 1.82) is 0 Å². The Kier molecular flexibility index (Phi) is 4.53. The van der Waals surface area contributed by atoms with Crippen LogP contribution in [0.15, 0.2) is 18.2 Å². The van der Waals surface area contributed by atoms with Crippen molar-refractivity contribution in [1.82, 2.24) is 14.5 Å². The summed E-state index contributed by atoms with van der Waals surface area (Å²) in [7, 11) is 0. The van der Waals surface area contributed by atoms with E-state index in [1.165, 1.54) is 11.1 Å². The van der Waals surface area contributed by atoms with Gasteiger partial charge in [0.05, 0.1) is 30.8 Å². The van der Waals surface area contributed by atoms with Crippen molar-refractivity contribution in [3.05, 3.63) is 29.6 Å². The van der Waals surface area contributed by atoms with E-state index in [-0.39, 0.29) is 0 Å². The normalized spacial score (nSPS) is 16.7. The molecule has 1 fully saturated rings. The van der Waals surface area contributed by atoms with Crippen LogP contribution in [-0.4, -0.2) is 47.3 Å². The lowest BCUT2D eigenvalue weighted by Crippen LogP contribution is -2.38. The number of aryl methyl sites for hydroxylation is 1. The highest BCUT2D eigenvalue weighted by molar-refractivity contribution is 5.77. The van der Waals surface area contributed by atoms with Crippen molar-refractivity contribution in [3.8, 4) is 0 Å². The minimum atomic E-state index is 0.485. The van der Waals surface area contributed by atoms with Crippen molar-refractivity contribution < 1.29 is 4.74 Å². The minimum absolute atomic E-state index is 0.485. The summed E-state index contributed by atoms with van der Waals surface area (Å²) in [5.41, 5.74) is 9.46. The number of benzene rings is 1. The topological polar surface area (TPSA) is 56.3 Å². The largest absolute Gasteiger partial charge is 0.379 e. The molecule has 114 valence electrons. The molecule has 5 heteroatoms. The Morgan fingerprint density at radius 3 is 2.76 bits per heavy atom. The third kappa shape index (κ3) is 3.10. The van der Waals surface area contributed by atoms with E-state index < -0.39 is 0 Å². The standard InChI is InChI=1S/C16H24N4O/c1-2-13-3-4-15-14(11-13)18-16(12-17)20(15)6-5-19-7-9-21-10-8-19/h3-4,11H,2,5-10,12,17H2,1H3. The maximum Gasteiger partial charge on any atom is 0.123 e. The van der Waals surface area contributed by atoms with Gasteiger partial charge in [-0.15, -0.1) is 0 Å². The fourth-order valence-corrected chi connectivity index (χ4v) is 2.92. The zero-order valence-electron chi connectivity index (χ0n) is 12.7. The molecule has 1 saturated heterocycles. The molecule has 1 aliphatic heterocycles. The number of nitrogens with two attached hydrogens (primary N) is 1. The Balaban J connectivity index is 1.82. The van der Waals surface area contributed by atoms with Crippen molar-refractivity contribution in [2.75, 3.05) is 32.8 Å². The number of rotatable bonds is 5. The second kappa shape index (κ2) is 6.56. The summed E-state index contributed by atoms with van der Waals surface area (Å²) in [6.45, 7) is 8.34. The predicted molar refractivity (Wildman–Crippen MR) is 84.3 cm³/mol. The van der Waals surface area contributed by atoms with E-state index in [0.717, 1.165) is 57.2 Å². The number of aromatic nitrogens is 2. The van der Waals surface area contributed by atoms with Crippen LogP contribution in [0.5, 0.6) is 0 Å². The summed E-state index contributed by atoms with van der Waals surface area (Å²) < 4.78 is 7.66. The van der Waals surface area contributed by atoms with Gasteiger partial charge in [0.1, 0.15) is 5.82 Å². The van der Waals surface area contributed by atoms with Crippen molar-refractivity contribution in [2.24, 2.45) is 5.73 Å². The van der Waals surface area contributed by atoms with E-state index in [4.69, 9.17) is 15.5 Å². The first-order valence-electron chi connectivity index (χ1n) is 7.80. The molecule has 3 rings (SSSR count). The maximum absolute atomic E-state index is 5.88. The molecule has 0 aliphatic carbocycles. The van der Waals surface area contributed by atoms with Crippen LogP contribution in [0.2, 0.25) is 0 Å². The van der Waals surface area contributed by atoms with Crippen LogP contribution in [0.25, 0.3) is 11.0 Å². The predicted octanol–water partition coefficient (Wildman–Crippen LogP) is 1.39. The maximum atomic E-state index is 5.88. The van der Waals surface area contributed by atoms with Gasteiger partial charge < -0.3 is 15.0 Å². The Hall–Kier alpha value is -1.43.